The third-order valence-corrected chi connectivity index (χ3v) is 2.13. The van der Waals surface area contributed by atoms with Gasteiger partial charge in [0, 0.05) is 17.7 Å². The standard InChI is InChI=1S/C10H8N2O5/c1-17-10(14)8-3-7(12(15)16)2-6(4-11)9(8)5-13/h2-3,13H,5H2,1H3. The second kappa shape index (κ2) is 5.05. The Morgan fingerprint density at radius 1 is 1.65 bits per heavy atom. The molecule has 0 heterocycles. The fourth-order valence-electron chi connectivity index (χ4n) is 1.32. The number of benzene rings is 1. The lowest BCUT2D eigenvalue weighted by atomic mass is 10.0. The van der Waals surface area contributed by atoms with Crippen molar-refractivity contribution < 1.29 is 19.6 Å². The van der Waals surface area contributed by atoms with Crippen molar-refractivity contribution in [1.82, 2.24) is 0 Å². The van der Waals surface area contributed by atoms with Crippen LogP contribution in [-0.4, -0.2) is 23.1 Å². The molecule has 0 aliphatic carbocycles. The highest BCUT2D eigenvalue weighted by molar-refractivity contribution is 5.92. The highest BCUT2D eigenvalue weighted by Gasteiger charge is 2.20. The molecule has 88 valence electrons. The largest absolute Gasteiger partial charge is 0.465 e. The smallest absolute Gasteiger partial charge is 0.338 e. The zero-order valence-electron chi connectivity index (χ0n) is 8.84. The molecule has 0 bridgehead atoms. The average Bonchev–Trinajstić information content (AvgIpc) is 2.35. The van der Waals surface area contributed by atoms with Crippen molar-refractivity contribution in [2.75, 3.05) is 7.11 Å². The number of nitrogens with zero attached hydrogens (tertiary/aromatic N) is 2. The van der Waals surface area contributed by atoms with E-state index in [1.807, 2.05) is 0 Å². The zero-order valence-corrected chi connectivity index (χ0v) is 8.84. The van der Waals surface area contributed by atoms with Gasteiger partial charge in [-0.2, -0.15) is 5.26 Å². The second-order valence-corrected chi connectivity index (χ2v) is 3.04. The van der Waals surface area contributed by atoms with Crippen molar-refractivity contribution in [3.05, 3.63) is 38.9 Å². The van der Waals surface area contributed by atoms with Gasteiger partial charge < -0.3 is 9.84 Å². The maximum absolute atomic E-state index is 11.4. The summed E-state index contributed by atoms with van der Waals surface area (Å²) in [4.78, 5) is 21.3. The number of carbonyl (C=O) groups is 1. The van der Waals surface area contributed by atoms with Crippen LogP contribution in [0.3, 0.4) is 0 Å². The predicted molar refractivity (Wildman–Crippen MR) is 55.1 cm³/mol. The van der Waals surface area contributed by atoms with Crippen LogP contribution in [0.25, 0.3) is 0 Å². The molecule has 0 aliphatic heterocycles. The molecule has 0 saturated carbocycles. The minimum atomic E-state index is -0.839. The van der Waals surface area contributed by atoms with Crippen molar-refractivity contribution in [3.63, 3.8) is 0 Å². The SMILES string of the molecule is COC(=O)c1cc([N+](=O)[O-])cc(C#N)c1CO. The number of non-ortho nitro benzene ring substituents is 1. The van der Waals surface area contributed by atoms with Crippen molar-refractivity contribution in [3.8, 4) is 6.07 Å². The minimum absolute atomic E-state index is 0.0185. The zero-order chi connectivity index (χ0) is 13.0. The number of nitro groups is 1. The summed E-state index contributed by atoms with van der Waals surface area (Å²) in [5, 5.41) is 28.5. The van der Waals surface area contributed by atoms with E-state index in [1.165, 1.54) is 0 Å². The van der Waals surface area contributed by atoms with E-state index in [4.69, 9.17) is 10.4 Å². The van der Waals surface area contributed by atoms with Gasteiger partial charge in [-0.05, 0) is 0 Å². The number of ether oxygens (including phenoxy) is 1. The van der Waals surface area contributed by atoms with Crippen LogP contribution in [0.2, 0.25) is 0 Å². The molecule has 0 spiro atoms. The van der Waals surface area contributed by atoms with E-state index in [9.17, 15) is 14.9 Å². The van der Waals surface area contributed by atoms with E-state index in [1.54, 1.807) is 6.07 Å². The molecule has 1 N–H and O–H groups in total. The molecule has 7 heteroatoms. The van der Waals surface area contributed by atoms with E-state index >= 15 is 0 Å². The van der Waals surface area contributed by atoms with Gasteiger partial charge in [0.05, 0.1) is 35.8 Å². The number of esters is 1. The molecule has 1 aromatic carbocycles. The van der Waals surface area contributed by atoms with Gasteiger partial charge in [-0.15, -0.1) is 0 Å². The molecule has 0 aromatic heterocycles. The van der Waals surface area contributed by atoms with Gasteiger partial charge in [-0.25, -0.2) is 4.79 Å². The van der Waals surface area contributed by atoms with Crippen LogP contribution in [0.5, 0.6) is 0 Å². The fraction of sp³-hybridized carbons (Fsp3) is 0.200. The Kier molecular flexibility index (Phi) is 3.74. The number of hydrogen-bond acceptors (Lipinski definition) is 6. The van der Waals surface area contributed by atoms with Crippen LogP contribution in [-0.2, 0) is 11.3 Å². The van der Waals surface area contributed by atoms with Gasteiger partial charge >= 0.3 is 5.97 Å². The summed E-state index contributed by atoms with van der Waals surface area (Å²) in [6, 6.07) is 3.66. The quantitative estimate of drug-likeness (QED) is 0.470. The van der Waals surface area contributed by atoms with Crippen LogP contribution in [0.1, 0.15) is 21.5 Å². The predicted octanol–water partition coefficient (Wildman–Crippen LogP) is 0.745. The highest BCUT2D eigenvalue weighted by Crippen LogP contribution is 2.23. The molecule has 0 aliphatic rings. The van der Waals surface area contributed by atoms with Gasteiger partial charge in [-0.3, -0.25) is 10.1 Å². The first-order valence-corrected chi connectivity index (χ1v) is 4.45. The second-order valence-electron chi connectivity index (χ2n) is 3.04. The summed E-state index contributed by atoms with van der Waals surface area (Å²) >= 11 is 0. The van der Waals surface area contributed by atoms with E-state index in [2.05, 4.69) is 4.74 Å². The average molecular weight is 236 g/mol. The number of methoxy groups -OCH3 is 1. The number of carbonyl (C=O) groups excluding carboxylic acids is 1. The summed E-state index contributed by atoms with van der Waals surface area (Å²) in [6.45, 7) is -0.578. The lowest BCUT2D eigenvalue weighted by Crippen LogP contribution is -2.09. The molecule has 0 unspecified atom stereocenters. The highest BCUT2D eigenvalue weighted by atomic mass is 16.6. The van der Waals surface area contributed by atoms with E-state index in [-0.39, 0.29) is 16.7 Å². The topological polar surface area (TPSA) is 113 Å². The van der Waals surface area contributed by atoms with Crippen LogP contribution >= 0.6 is 0 Å². The number of aliphatic hydroxyl groups excluding tert-OH is 1. The van der Waals surface area contributed by atoms with Gasteiger partial charge in [0.1, 0.15) is 0 Å². The molecule has 1 rings (SSSR count). The Hall–Kier alpha value is -2.46. The molecule has 7 nitrogen and oxygen atoms in total. The summed E-state index contributed by atoms with van der Waals surface area (Å²) in [7, 11) is 1.11. The number of nitriles is 1. The summed E-state index contributed by atoms with van der Waals surface area (Å²) in [5.41, 5.74) is -0.688. The van der Waals surface area contributed by atoms with Crippen molar-refractivity contribution >= 4 is 11.7 Å². The molecule has 1 aromatic rings. The lowest BCUT2D eigenvalue weighted by molar-refractivity contribution is -0.384. The van der Waals surface area contributed by atoms with Crippen molar-refractivity contribution in [1.29, 1.82) is 5.26 Å². The Morgan fingerprint density at radius 3 is 2.71 bits per heavy atom. The number of nitro benzene ring substituents is 1. The molecule has 0 saturated heterocycles. The summed E-state index contributed by atoms with van der Waals surface area (Å²) in [5.74, 6) is -0.839. The first-order chi connectivity index (χ1) is 8.04. The Morgan fingerprint density at radius 2 is 2.29 bits per heavy atom. The van der Waals surface area contributed by atoms with Gasteiger partial charge in [0.2, 0.25) is 0 Å². The number of hydrogen-bond donors (Lipinski definition) is 1. The van der Waals surface area contributed by atoms with E-state index < -0.39 is 23.2 Å². The van der Waals surface area contributed by atoms with Crippen LogP contribution < -0.4 is 0 Å². The normalized spacial score (nSPS) is 9.47. The van der Waals surface area contributed by atoms with E-state index in [0.29, 0.717) is 0 Å². The monoisotopic (exact) mass is 236 g/mol. The van der Waals surface area contributed by atoms with Crippen LogP contribution in [0.4, 0.5) is 5.69 Å². The molecule has 0 amide bonds. The maximum Gasteiger partial charge on any atom is 0.338 e. The van der Waals surface area contributed by atoms with E-state index in [0.717, 1.165) is 19.2 Å². The third-order valence-electron chi connectivity index (χ3n) is 2.13. The first kappa shape index (κ1) is 12.6. The fourth-order valence-corrected chi connectivity index (χ4v) is 1.32. The molecule has 0 radical (unpaired) electrons. The molecule has 0 fully saturated rings. The van der Waals surface area contributed by atoms with Crippen molar-refractivity contribution in [2.45, 2.75) is 6.61 Å². The summed E-state index contributed by atoms with van der Waals surface area (Å²) in [6.07, 6.45) is 0. The first-order valence-electron chi connectivity index (χ1n) is 4.45. The van der Waals surface area contributed by atoms with Crippen LogP contribution in [0.15, 0.2) is 12.1 Å². The Balaban J connectivity index is 3.55. The lowest BCUT2D eigenvalue weighted by Gasteiger charge is -2.07. The summed E-state index contributed by atoms with van der Waals surface area (Å²) < 4.78 is 4.43. The molecule has 17 heavy (non-hydrogen) atoms. The maximum atomic E-state index is 11.4. The van der Waals surface area contributed by atoms with Crippen molar-refractivity contribution in [2.24, 2.45) is 0 Å². The Bertz CT molecular complexity index is 518. The molecular formula is C10H8N2O5. The number of aliphatic hydroxyl groups is 1. The Labute approximate surface area is 96.0 Å². The third kappa shape index (κ3) is 2.38. The minimum Gasteiger partial charge on any atom is -0.465 e. The van der Waals surface area contributed by atoms with Gasteiger partial charge in [0.15, 0.2) is 0 Å². The molecular weight excluding hydrogens is 228 g/mol. The van der Waals surface area contributed by atoms with Gasteiger partial charge in [0.25, 0.3) is 5.69 Å². The molecule has 0 atom stereocenters. The number of rotatable bonds is 3. The van der Waals surface area contributed by atoms with Crippen LogP contribution in [0, 0.1) is 21.4 Å². The van der Waals surface area contributed by atoms with Gasteiger partial charge in [-0.1, -0.05) is 0 Å².